The molecular weight excluding hydrogens is 354 g/mol. The van der Waals surface area contributed by atoms with Crippen molar-refractivity contribution in [1.82, 2.24) is 9.78 Å². The molecule has 0 aliphatic heterocycles. The second kappa shape index (κ2) is 5.95. The molecule has 1 rings (SSSR count). The van der Waals surface area contributed by atoms with E-state index in [4.69, 9.17) is 0 Å². The van der Waals surface area contributed by atoms with Crippen molar-refractivity contribution in [2.45, 2.75) is 33.2 Å². The highest BCUT2D eigenvalue weighted by Gasteiger charge is 2.29. The van der Waals surface area contributed by atoms with Gasteiger partial charge in [0, 0.05) is 10.7 Å². The van der Waals surface area contributed by atoms with Crippen molar-refractivity contribution in [2.75, 3.05) is 5.33 Å². The first kappa shape index (κ1) is 14.6. The summed E-state index contributed by atoms with van der Waals surface area (Å²) in [5.41, 5.74) is 0.0966. The molecule has 17 heavy (non-hydrogen) atoms. The Morgan fingerprint density at radius 2 is 2.12 bits per heavy atom. The molecule has 0 saturated heterocycles. The van der Waals surface area contributed by atoms with Crippen LogP contribution in [-0.4, -0.2) is 20.0 Å². The third-order valence-electron chi connectivity index (χ3n) is 3.15. The van der Waals surface area contributed by atoms with Gasteiger partial charge in [-0.3, -0.25) is 0 Å². The predicted octanol–water partition coefficient (Wildman–Crippen LogP) is 3.76. The van der Waals surface area contributed by atoms with Gasteiger partial charge in [0.25, 0.3) is 0 Å². The molecule has 5 nitrogen and oxygen atoms in total. The lowest BCUT2D eigenvalue weighted by Gasteiger charge is -2.27. The van der Waals surface area contributed by atoms with Gasteiger partial charge in [-0.2, -0.15) is 4.68 Å². The van der Waals surface area contributed by atoms with Crippen molar-refractivity contribution >= 4 is 37.7 Å². The summed E-state index contributed by atoms with van der Waals surface area (Å²) in [6.45, 7) is 4.92. The molecule has 0 aliphatic carbocycles. The lowest BCUT2D eigenvalue weighted by Crippen LogP contribution is -2.27. The fraction of sp³-hybridized carbons (Fsp3) is 0.700. The van der Waals surface area contributed by atoms with Crippen LogP contribution in [0.3, 0.4) is 0 Å². The van der Waals surface area contributed by atoms with Crippen LogP contribution in [0.4, 0.5) is 5.82 Å². The van der Waals surface area contributed by atoms with Gasteiger partial charge in [0.05, 0.1) is 17.8 Å². The summed E-state index contributed by atoms with van der Waals surface area (Å²) in [6.07, 6.45) is 3.67. The predicted molar refractivity (Wildman–Crippen MR) is 73.4 cm³/mol. The van der Waals surface area contributed by atoms with Crippen LogP contribution < -0.4 is 0 Å². The molecule has 0 saturated carbocycles. The van der Waals surface area contributed by atoms with Crippen LogP contribution in [0.15, 0.2) is 10.7 Å². The van der Waals surface area contributed by atoms with Gasteiger partial charge < -0.3 is 10.1 Å². The SMILES string of the molecule is CCC(CC)(CBr)Cn1cc(Br)c([N+](=O)[O-])n1. The molecule has 0 spiro atoms. The first-order chi connectivity index (χ1) is 7.98. The molecule has 0 aromatic carbocycles. The number of nitro groups is 1. The summed E-state index contributed by atoms with van der Waals surface area (Å²) >= 11 is 6.67. The van der Waals surface area contributed by atoms with E-state index in [1.54, 1.807) is 10.9 Å². The number of alkyl halides is 1. The highest BCUT2D eigenvalue weighted by Crippen LogP contribution is 2.32. The van der Waals surface area contributed by atoms with Crippen LogP contribution in [0, 0.1) is 15.5 Å². The molecule has 0 unspecified atom stereocenters. The van der Waals surface area contributed by atoms with Crippen LogP contribution in [0.25, 0.3) is 0 Å². The molecular formula is C10H15Br2N3O2. The summed E-state index contributed by atoms with van der Waals surface area (Å²) in [5, 5.41) is 15.5. The minimum atomic E-state index is -0.478. The van der Waals surface area contributed by atoms with Crippen molar-refractivity contribution in [3.8, 4) is 0 Å². The number of nitrogens with zero attached hydrogens (tertiary/aromatic N) is 3. The van der Waals surface area contributed by atoms with Gasteiger partial charge in [0.1, 0.15) is 4.47 Å². The second-order valence-corrected chi connectivity index (χ2v) is 5.51. The molecule has 0 N–H and O–H groups in total. The maximum absolute atomic E-state index is 10.7. The zero-order valence-corrected chi connectivity index (χ0v) is 13.0. The molecule has 0 bridgehead atoms. The van der Waals surface area contributed by atoms with Gasteiger partial charge >= 0.3 is 5.82 Å². The Morgan fingerprint density at radius 3 is 2.47 bits per heavy atom. The molecule has 0 atom stereocenters. The average molecular weight is 369 g/mol. The lowest BCUT2D eigenvalue weighted by atomic mass is 9.85. The summed E-state index contributed by atoms with van der Waals surface area (Å²) < 4.78 is 2.08. The third-order valence-corrected chi connectivity index (χ3v) is 4.90. The monoisotopic (exact) mass is 367 g/mol. The van der Waals surface area contributed by atoms with Crippen molar-refractivity contribution in [3.63, 3.8) is 0 Å². The van der Waals surface area contributed by atoms with Gasteiger partial charge in [-0.25, -0.2) is 0 Å². The van der Waals surface area contributed by atoms with Gasteiger partial charge in [0.2, 0.25) is 0 Å². The van der Waals surface area contributed by atoms with Gasteiger partial charge in [-0.15, -0.1) is 0 Å². The highest BCUT2D eigenvalue weighted by molar-refractivity contribution is 9.10. The van der Waals surface area contributed by atoms with E-state index in [1.165, 1.54) is 0 Å². The normalized spacial score (nSPS) is 11.8. The van der Waals surface area contributed by atoms with Crippen molar-refractivity contribution in [2.24, 2.45) is 5.41 Å². The quantitative estimate of drug-likeness (QED) is 0.436. The van der Waals surface area contributed by atoms with E-state index < -0.39 is 4.92 Å². The first-order valence-electron chi connectivity index (χ1n) is 5.41. The maximum Gasteiger partial charge on any atom is 0.404 e. The zero-order valence-electron chi connectivity index (χ0n) is 9.82. The average Bonchev–Trinajstić information content (AvgIpc) is 2.67. The molecule has 0 amide bonds. The van der Waals surface area contributed by atoms with Crippen molar-refractivity contribution < 1.29 is 4.92 Å². The summed E-state index contributed by atoms with van der Waals surface area (Å²) in [5.74, 6) is -0.124. The molecule has 0 fully saturated rings. The topological polar surface area (TPSA) is 61.0 Å². The smallest absolute Gasteiger partial charge is 0.358 e. The number of aromatic nitrogens is 2. The van der Waals surface area contributed by atoms with E-state index in [-0.39, 0.29) is 11.2 Å². The van der Waals surface area contributed by atoms with Crippen LogP contribution >= 0.6 is 31.9 Å². The van der Waals surface area contributed by atoms with Gasteiger partial charge in [-0.05, 0) is 33.7 Å². The van der Waals surface area contributed by atoms with Crippen molar-refractivity contribution in [1.29, 1.82) is 0 Å². The molecule has 7 heteroatoms. The number of rotatable bonds is 6. The maximum atomic E-state index is 10.7. The van der Waals surface area contributed by atoms with E-state index in [2.05, 4.69) is 50.8 Å². The number of hydrogen-bond acceptors (Lipinski definition) is 3. The largest absolute Gasteiger partial charge is 0.404 e. The van der Waals surface area contributed by atoms with E-state index in [1.807, 2.05) is 0 Å². The van der Waals surface area contributed by atoms with Gasteiger partial charge in [-0.1, -0.05) is 29.8 Å². The Morgan fingerprint density at radius 1 is 1.53 bits per heavy atom. The Balaban J connectivity index is 2.95. The Kier molecular flexibility index (Phi) is 5.12. The minimum absolute atomic E-state index is 0.0966. The Hall–Kier alpha value is -0.430. The molecule has 1 aromatic rings. The number of halogens is 2. The fourth-order valence-electron chi connectivity index (χ4n) is 1.64. The first-order valence-corrected chi connectivity index (χ1v) is 7.32. The van der Waals surface area contributed by atoms with Crippen LogP contribution in [-0.2, 0) is 6.54 Å². The second-order valence-electron chi connectivity index (χ2n) is 4.10. The van der Waals surface area contributed by atoms with E-state index in [0.717, 1.165) is 18.2 Å². The Labute approximate surface area is 117 Å². The standard InChI is InChI=1S/C10H15Br2N3O2/c1-3-10(4-2,6-11)7-14-5-8(12)9(13-14)15(16)17/h5H,3-4,6-7H2,1-2H3. The van der Waals surface area contributed by atoms with Crippen LogP contribution in [0.5, 0.6) is 0 Å². The van der Waals surface area contributed by atoms with Gasteiger partial charge in [0.15, 0.2) is 0 Å². The molecule has 0 radical (unpaired) electrons. The minimum Gasteiger partial charge on any atom is -0.358 e. The number of hydrogen-bond donors (Lipinski definition) is 0. The van der Waals surface area contributed by atoms with Crippen molar-refractivity contribution in [3.05, 3.63) is 20.8 Å². The molecule has 1 aromatic heterocycles. The van der Waals surface area contributed by atoms with E-state index in [9.17, 15) is 10.1 Å². The molecule has 96 valence electrons. The zero-order chi connectivity index (χ0) is 13.1. The van der Waals surface area contributed by atoms with Crippen LogP contribution in [0.1, 0.15) is 26.7 Å². The highest BCUT2D eigenvalue weighted by atomic mass is 79.9. The summed E-state index contributed by atoms with van der Waals surface area (Å²) in [4.78, 5) is 10.2. The third kappa shape index (κ3) is 3.28. The Bertz CT molecular complexity index is 394. The summed E-state index contributed by atoms with van der Waals surface area (Å²) in [6, 6.07) is 0. The lowest BCUT2D eigenvalue weighted by molar-refractivity contribution is -0.390. The van der Waals surface area contributed by atoms with Crippen LogP contribution in [0.2, 0.25) is 0 Å². The molecule has 1 heterocycles. The molecule has 0 aliphatic rings. The fourth-order valence-corrected chi connectivity index (χ4v) is 3.07. The summed E-state index contributed by atoms with van der Waals surface area (Å²) in [7, 11) is 0. The van der Waals surface area contributed by atoms with E-state index >= 15 is 0 Å². The van der Waals surface area contributed by atoms with E-state index in [0.29, 0.717) is 11.0 Å².